The molecule has 0 amide bonds. The van der Waals surface area contributed by atoms with Crippen LogP contribution in [0.5, 0.6) is 0 Å². The molecule has 6 heteroatoms. The fraction of sp³-hybridized carbons (Fsp3) is 1.00. The van der Waals surface area contributed by atoms with Crippen molar-refractivity contribution in [3.63, 3.8) is 0 Å². The summed E-state index contributed by atoms with van der Waals surface area (Å²) < 4.78 is 34.5. The second-order valence-corrected chi connectivity index (χ2v) is 4.35. The highest BCUT2D eigenvalue weighted by Gasteiger charge is 2.55. The van der Waals surface area contributed by atoms with Crippen LogP contribution < -0.4 is 5.32 Å². The van der Waals surface area contributed by atoms with Crippen LogP contribution >= 0.6 is 0 Å². The monoisotopic (exact) mass is 195 g/mol. The molecule has 0 aliphatic carbocycles. The Hall–Kier alpha value is -0.170. The molecule has 1 saturated heterocycles. The van der Waals surface area contributed by atoms with Crippen molar-refractivity contribution in [2.75, 3.05) is 12.8 Å². The lowest BCUT2D eigenvalue weighted by Gasteiger charge is -2.06. The number of hydrogen-bond acceptors (Lipinski definition) is 4. The summed E-state index contributed by atoms with van der Waals surface area (Å²) in [6.45, 7) is 1.89. The summed E-state index contributed by atoms with van der Waals surface area (Å²) in [5.41, 5.74) is -0.532. The highest BCUT2D eigenvalue weighted by Crippen LogP contribution is 2.37. The van der Waals surface area contributed by atoms with E-state index >= 15 is 0 Å². The van der Waals surface area contributed by atoms with Gasteiger partial charge in [-0.05, 0) is 13.5 Å². The summed E-state index contributed by atoms with van der Waals surface area (Å²) in [6, 6.07) is 0. The van der Waals surface area contributed by atoms with Crippen LogP contribution in [-0.2, 0) is 14.9 Å². The van der Waals surface area contributed by atoms with Crippen molar-refractivity contribution in [3.05, 3.63) is 0 Å². The van der Waals surface area contributed by atoms with Gasteiger partial charge in [0.2, 0.25) is 0 Å². The molecule has 72 valence electrons. The van der Waals surface area contributed by atoms with Gasteiger partial charge in [-0.2, -0.15) is 8.42 Å². The largest absolute Gasteiger partial charge is 0.349 e. The lowest BCUT2D eigenvalue weighted by atomic mass is 10.2. The third-order valence-electron chi connectivity index (χ3n) is 2.13. The molecule has 0 aromatic rings. The van der Waals surface area contributed by atoms with E-state index in [2.05, 4.69) is 5.32 Å². The van der Waals surface area contributed by atoms with Crippen LogP contribution in [0.3, 0.4) is 0 Å². The molecule has 0 aromatic heterocycles. The lowest BCUT2D eigenvalue weighted by molar-refractivity contribution is 0.257. The van der Waals surface area contributed by atoms with Crippen LogP contribution in [0.4, 0.5) is 0 Å². The molecule has 2 N–H and O–H groups in total. The molecule has 0 saturated carbocycles. The third-order valence-corrected chi connectivity index (χ3v) is 2.85. The van der Waals surface area contributed by atoms with E-state index < -0.39 is 21.9 Å². The summed E-state index contributed by atoms with van der Waals surface area (Å²) in [5.74, 6) is -0.332. The maximum Gasteiger partial charge on any atom is 0.267 e. The molecule has 0 radical (unpaired) electrons. The Bertz CT molecular complexity index is 257. The Morgan fingerprint density at radius 2 is 2.25 bits per heavy atom. The first-order chi connectivity index (χ1) is 5.43. The molecular formula is C6H13NO4S. The topological polar surface area (TPSA) is 78.9 Å². The standard InChI is InChI=1S/C6H13NO4S/c1-3-6(7-2)5(11-6)4-12(8,9)10/h5,7H,3-4H2,1-2H3,(H,8,9,10). The summed E-state index contributed by atoms with van der Waals surface area (Å²) in [5, 5.41) is 2.88. The molecule has 12 heavy (non-hydrogen) atoms. The third kappa shape index (κ3) is 1.95. The fourth-order valence-corrected chi connectivity index (χ4v) is 2.01. The predicted octanol–water partition coefficient (Wildman–Crippen LogP) is -0.401. The quantitative estimate of drug-likeness (QED) is 0.471. The molecule has 0 bridgehead atoms. The molecule has 2 unspecified atom stereocenters. The van der Waals surface area contributed by atoms with Crippen molar-refractivity contribution in [1.29, 1.82) is 0 Å². The van der Waals surface area contributed by atoms with Crippen molar-refractivity contribution in [1.82, 2.24) is 5.32 Å². The van der Waals surface area contributed by atoms with Gasteiger partial charge in [-0.15, -0.1) is 0 Å². The van der Waals surface area contributed by atoms with Gasteiger partial charge in [0.05, 0.1) is 0 Å². The van der Waals surface area contributed by atoms with Crippen LogP contribution in [0.1, 0.15) is 13.3 Å². The summed E-state index contributed by atoms with van der Waals surface area (Å²) >= 11 is 0. The Morgan fingerprint density at radius 1 is 1.67 bits per heavy atom. The number of likely N-dealkylation sites (N-methyl/N-ethyl adjacent to an activating group) is 1. The van der Waals surface area contributed by atoms with E-state index in [0.717, 1.165) is 0 Å². The van der Waals surface area contributed by atoms with Gasteiger partial charge >= 0.3 is 0 Å². The van der Waals surface area contributed by atoms with E-state index in [1.807, 2.05) is 6.92 Å². The number of hydrogen-bond donors (Lipinski definition) is 2. The van der Waals surface area contributed by atoms with Gasteiger partial charge in [0.15, 0.2) is 0 Å². The maximum atomic E-state index is 10.4. The summed E-state index contributed by atoms with van der Waals surface area (Å²) in [7, 11) is -2.22. The zero-order valence-electron chi connectivity index (χ0n) is 7.07. The number of nitrogens with one attached hydrogen (secondary N) is 1. The minimum absolute atomic E-state index is 0.332. The number of ether oxygens (including phenoxy) is 1. The molecular weight excluding hydrogens is 182 g/mol. The van der Waals surface area contributed by atoms with Crippen LogP contribution in [-0.4, -0.2) is 37.6 Å². The van der Waals surface area contributed by atoms with Gasteiger partial charge < -0.3 is 4.74 Å². The highest BCUT2D eigenvalue weighted by atomic mass is 32.2. The Balaban J connectivity index is 2.52. The Labute approximate surface area is 71.9 Å². The average molecular weight is 195 g/mol. The molecule has 1 fully saturated rings. The number of epoxide rings is 1. The smallest absolute Gasteiger partial charge is 0.267 e. The zero-order valence-corrected chi connectivity index (χ0v) is 7.89. The fourth-order valence-electron chi connectivity index (χ4n) is 1.29. The normalized spacial score (nSPS) is 35.1. The van der Waals surface area contributed by atoms with Crippen LogP contribution in [0.2, 0.25) is 0 Å². The van der Waals surface area contributed by atoms with Gasteiger partial charge in [0.25, 0.3) is 10.1 Å². The van der Waals surface area contributed by atoms with E-state index in [0.29, 0.717) is 6.42 Å². The average Bonchev–Trinajstić information content (AvgIpc) is 2.60. The van der Waals surface area contributed by atoms with Crippen molar-refractivity contribution in [2.24, 2.45) is 0 Å². The van der Waals surface area contributed by atoms with E-state index in [4.69, 9.17) is 9.29 Å². The Kier molecular flexibility index (Phi) is 2.44. The molecule has 1 aliphatic heterocycles. The van der Waals surface area contributed by atoms with Gasteiger partial charge in [-0.25, -0.2) is 0 Å². The van der Waals surface area contributed by atoms with Gasteiger partial charge in [-0.3, -0.25) is 9.87 Å². The van der Waals surface area contributed by atoms with Crippen molar-refractivity contribution in [3.8, 4) is 0 Å². The zero-order chi connectivity index (χ0) is 9.41. The highest BCUT2D eigenvalue weighted by molar-refractivity contribution is 7.85. The molecule has 5 nitrogen and oxygen atoms in total. The molecule has 0 aromatic carbocycles. The summed E-state index contributed by atoms with van der Waals surface area (Å²) in [4.78, 5) is 0. The lowest BCUT2D eigenvalue weighted by Crippen LogP contribution is -2.33. The molecule has 1 aliphatic rings. The Morgan fingerprint density at radius 3 is 2.50 bits per heavy atom. The van der Waals surface area contributed by atoms with E-state index in [9.17, 15) is 8.42 Å². The first-order valence-electron chi connectivity index (χ1n) is 3.75. The van der Waals surface area contributed by atoms with E-state index in [1.165, 1.54) is 0 Å². The van der Waals surface area contributed by atoms with E-state index in [-0.39, 0.29) is 5.75 Å². The van der Waals surface area contributed by atoms with Crippen LogP contribution in [0.15, 0.2) is 0 Å². The minimum Gasteiger partial charge on any atom is -0.349 e. The van der Waals surface area contributed by atoms with Crippen molar-refractivity contribution in [2.45, 2.75) is 25.2 Å². The van der Waals surface area contributed by atoms with Crippen molar-refractivity contribution < 1.29 is 17.7 Å². The second-order valence-electron chi connectivity index (χ2n) is 2.85. The van der Waals surface area contributed by atoms with Crippen molar-refractivity contribution >= 4 is 10.1 Å². The maximum absolute atomic E-state index is 10.4. The minimum atomic E-state index is -3.92. The molecule has 2 atom stereocenters. The summed E-state index contributed by atoms with van der Waals surface area (Å²) in [6.07, 6.45) is 0.270. The predicted molar refractivity (Wildman–Crippen MR) is 43.4 cm³/mol. The van der Waals surface area contributed by atoms with Gasteiger partial charge in [0, 0.05) is 0 Å². The first kappa shape index (κ1) is 9.91. The van der Waals surface area contributed by atoms with Gasteiger partial charge in [0.1, 0.15) is 17.6 Å². The second kappa shape index (κ2) is 2.95. The van der Waals surface area contributed by atoms with Gasteiger partial charge in [-0.1, -0.05) is 6.92 Å². The first-order valence-corrected chi connectivity index (χ1v) is 5.36. The molecule has 0 spiro atoms. The number of rotatable bonds is 4. The SMILES string of the molecule is CCC1(NC)OC1CS(=O)(=O)O. The molecule has 1 rings (SSSR count). The van der Waals surface area contributed by atoms with Crippen LogP contribution in [0, 0.1) is 0 Å². The molecule has 1 heterocycles. The van der Waals surface area contributed by atoms with Crippen LogP contribution in [0.25, 0.3) is 0 Å². The van der Waals surface area contributed by atoms with E-state index in [1.54, 1.807) is 7.05 Å².